The summed E-state index contributed by atoms with van der Waals surface area (Å²) < 4.78 is 0. The van der Waals surface area contributed by atoms with Crippen molar-refractivity contribution in [1.82, 2.24) is 0 Å². The van der Waals surface area contributed by atoms with Crippen LogP contribution >= 0.6 is 8.29 Å². The molecule has 0 aliphatic carbocycles. The van der Waals surface area contributed by atoms with Gasteiger partial charge in [0.2, 0.25) is 0 Å². The van der Waals surface area contributed by atoms with Gasteiger partial charge >= 0.3 is 0 Å². The first-order valence-corrected chi connectivity index (χ1v) is 8.05. The predicted molar refractivity (Wildman–Crippen MR) is 52.4 cm³/mol. The highest BCUT2D eigenvalue weighted by Gasteiger charge is 2.38. The third-order valence-electron chi connectivity index (χ3n) is 2.72. The van der Waals surface area contributed by atoms with E-state index in [1.54, 1.807) is 0 Å². The summed E-state index contributed by atoms with van der Waals surface area (Å²) in [6, 6.07) is 0. The average molecular weight is 150 g/mol. The summed E-state index contributed by atoms with van der Waals surface area (Å²) in [6.07, 6.45) is 9.83. The van der Waals surface area contributed by atoms with Crippen LogP contribution in [0.4, 0.5) is 0 Å². The SMILES string of the molecule is CCS(C)(C)(C)(C)CC. The highest BCUT2D eigenvalue weighted by atomic mass is 32.4. The van der Waals surface area contributed by atoms with Gasteiger partial charge in [0.25, 0.3) is 0 Å². The maximum Gasteiger partial charge on any atom is -0.0373 e. The summed E-state index contributed by atoms with van der Waals surface area (Å²) in [5, 5.41) is 0. The average Bonchev–Trinajstić information content (AvgIpc) is 1.67. The van der Waals surface area contributed by atoms with Crippen molar-refractivity contribution in [2.75, 3.05) is 36.5 Å². The topological polar surface area (TPSA) is 0 Å². The Morgan fingerprint density at radius 2 is 1.00 bits per heavy atom. The maximum atomic E-state index is 2.46. The molecule has 0 aromatic rings. The molecule has 0 N–H and O–H groups in total. The van der Waals surface area contributed by atoms with Crippen molar-refractivity contribution >= 4 is 8.29 Å². The van der Waals surface area contributed by atoms with E-state index in [0.717, 1.165) is 0 Å². The second kappa shape index (κ2) is 1.50. The maximum absolute atomic E-state index is 2.46. The molecule has 0 aromatic heterocycles. The highest BCUT2D eigenvalue weighted by molar-refractivity contribution is 8.62. The predicted octanol–water partition coefficient (Wildman–Crippen LogP) is 2.42. The summed E-state index contributed by atoms with van der Waals surface area (Å²) >= 11 is 0. The van der Waals surface area contributed by atoms with Crippen molar-refractivity contribution in [1.29, 1.82) is 0 Å². The molecule has 0 atom stereocenters. The highest BCUT2D eigenvalue weighted by Crippen LogP contribution is 2.77. The van der Waals surface area contributed by atoms with E-state index in [1.807, 2.05) is 0 Å². The summed E-state index contributed by atoms with van der Waals surface area (Å²) in [6.45, 7) is 4.62. The Kier molecular flexibility index (Phi) is 1.56. The van der Waals surface area contributed by atoms with Crippen molar-refractivity contribution in [2.45, 2.75) is 13.8 Å². The molecule has 0 rings (SSSR count). The van der Waals surface area contributed by atoms with Crippen LogP contribution in [0.25, 0.3) is 0 Å². The van der Waals surface area contributed by atoms with Crippen molar-refractivity contribution in [3.63, 3.8) is 0 Å². The lowest BCUT2D eigenvalue weighted by Gasteiger charge is -2.68. The molecule has 9 heavy (non-hydrogen) atoms. The van der Waals surface area contributed by atoms with E-state index in [-0.39, 0.29) is 0 Å². The molecule has 0 spiro atoms. The smallest absolute Gasteiger partial charge is 0.0373 e. The quantitative estimate of drug-likeness (QED) is 0.567. The molecule has 0 bridgehead atoms. The van der Waals surface area contributed by atoms with Gasteiger partial charge in [-0.15, -0.1) is 0 Å². The third-order valence-corrected chi connectivity index (χ3v) is 8.15. The fourth-order valence-corrected chi connectivity index (χ4v) is 0.612. The minimum atomic E-state index is -1.53. The molecule has 60 valence electrons. The van der Waals surface area contributed by atoms with Crippen LogP contribution < -0.4 is 0 Å². The van der Waals surface area contributed by atoms with Gasteiger partial charge in [-0.3, -0.25) is 8.29 Å². The summed E-state index contributed by atoms with van der Waals surface area (Å²) in [5.41, 5.74) is 0. The molecule has 0 aliphatic heterocycles. The van der Waals surface area contributed by atoms with Crippen LogP contribution in [-0.4, -0.2) is 36.5 Å². The molecule has 0 fully saturated rings. The number of rotatable bonds is 2. The number of hydrogen-bond donors (Lipinski definition) is 0. The number of hydrogen-bond acceptors (Lipinski definition) is 0. The van der Waals surface area contributed by atoms with Gasteiger partial charge in [0.05, 0.1) is 0 Å². The Morgan fingerprint density at radius 1 is 0.778 bits per heavy atom. The Labute approximate surface area is 59.3 Å². The Morgan fingerprint density at radius 3 is 1.00 bits per heavy atom. The molecule has 0 amide bonds. The lowest BCUT2D eigenvalue weighted by molar-refractivity contribution is 1.33. The molecule has 0 saturated heterocycles. The van der Waals surface area contributed by atoms with Crippen molar-refractivity contribution in [3.05, 3.63) is 0 Å². The van der Waals surface area contributed by atoms with Crippen LogP contribution in [0.15, 0.2) is 0 Å². The van der Waals surface area contributed by atoms with E-state index in [4.69, 9.17) is 0 Å². The van der Waals surface area contributed by atoms with Crippen molar-refractivity contribution in [2.24, 2.45) is 0 Å². The molecule has 1 heteroatoms. The van der Waals surface area contributed by atoms with E-state index in [0.29, 0.717) is 0 Å². The van der Waals surface area contributed by atoms with Crippen molar-refractivity contribution < 1.29 is 0 Å². The normalized spacial score (nSPS) is 20.7. The van der Waals surface area contributed by atoms with Crippen molar-refractivity contribution in [3.8, 4) is 0 Å². The van der Waals surface area contributed by atoms with E-state index < -0.39 is 8.29 Å². The van der Waals surface area contributed by atoms with Crippen LogP contribution in [0.1, 0.15) is 13.8 Å². The van der Waals surface area contributed by atoms with Gasteiger partial charge in [0.15, 0.2) is 0 Å². The zero-order valence-electron chi connectivity index (χ0n) is 7.82. The molecule has 0 saturated carbocycles. The summed E-state index contributed by atoms with van der Waals surface area (Å²) in [7, 11) is -1.53. The first kappa shape index (κ1) is 9.35. The monoisotopic (exact) mass is 150 g/mol. The summed E-state index contributed by atoms with van der Waals surface area (Å²) in [4.78, 5) is 0. The Balaban J connectivity index is 4.64. The van der Waals surface area contributed by atoms with Gasteiger partial charge in [-0.25, -0.2) is 0 Å². The Hall–Kier alpha value is 0.350. The van der Waals surface area contributed by atoms with E-state index in [1.165, 1.54) is 11.5 Å². The lowest BCUT2D eigenvalue weighted by Crippen LogP contribution is -2.35. The van der Waals surface area contributed by atoms with Crippen LogP contribution in [0, 0.1) is 0 Å². The van der Waals surface area contributed by atoms with Crippen LogP contribution in [0.3, 0.4) is 0 Å². The van der Waals surface area contributed by atoms with Gasteiger partial charge in [-0.1, -0.05) is 13.8 Å². The van der Waals surface area contributed by atoms with Gasteiger partial charge < -0.3 is 0 Å². The summed E-state index contributed by atoms with van der Waals surface area (Å²) in [5.74, 6) is 2.69. The molecule has 0 heterocycles. The third kappa shape index (κ3) is 3.14. The first-order chi connectivity index (χ1) is 3.62. The first-order valence-electron chi connectivity index (χ1n) is 3.62. The van der Waals surface area contributed by atoms with Gasteiger partial charge in [0, 0.05) is 0 Å². The minimum absolute atomic E-state index is 1.34. The molecule has 0 unspecified atom stereocenters. The zero-order valence-corrected chi connectivity index (χ0v) is 8.64. The molecular weight excluding hydrogens is 128 g/mol. The largest absolute Gasteiger partial charge is 0.284 e. The van der Waals surface area contributed by atoms with Crippen LogP contribution in [-0.2, 0) is 0 Å². The second-order valence-electron chi connectivity index (χ2n) is 5.54. The Bertz CT molecular complexity index is 102. The molecule has 0 nitrogen and oxygen atoms in total. The van der Waals surface area contributed by atoms with Gasteiger partial charge in [-0.2, -0.15) is 0 Å². The molecular formula is C8H22S. The van der Waals surface area contributed by atoms with Gasteiger partial charge in [0.1, 0.15) is 0 Å². The van der Waals surface area contributed by atoms with E-state index in [9.17, 15) is 0 Å². The molecule has 0 aromatic carbocycles. The lowest BCUT2D eigenvalue weighted by atomic mass is 11.0. The minimum Gasteiger partial charge on any atom is -0.284 e. The van der Waals surface area contributed by atoms with Crippen LogP contribution in [0.2, 0.25) is 0 Å². The molecule has 0 aliphatic rings. The molecule has 0 radical (unpaired) electrons. The van der Waals surface area contributed by atoms with Gasteiger partial charge in [-0.05, 0) is 36.5 Å². The standard InChI is InChI=1S/C8H22S/c1-7-9(3,4,5,6)8-2/h7-8H2,1-6H3. The van der Waals surface area contributed by atoms with E-state index >= 15 is 0 Å². The van der Waals surface area contributed by atoms with E-state index in [2.05, 4.69) is 38.9 Å². The fraction of sp³-hybridized carbons (Fsp3) is 1.00. The fourth-order valence-electron chi connectivity index (χ4n) is 0.204. The second-order valence-corrected chi connectivity index (χ2v) is 16.6. The zero-order chi connectivity index (χ0) is 7.82. The van der Waals surface area contributed by atoms with Crippen LogP contribution in [0.5, 0.6) is 0 Å².